The van der Waals surface area contributed by atoms with E-state index in [9.17, 15) is 0 Å². The van der Waals surface area contributed by atoms with Crippen molar-refractivity contribution in [2.45, 2.75) is 6.92 Å². The fourth-order valence-electron chi connectivity index (χ4n) is 2.25. The van der Waals surface area contributed by atoms with Crippen molar-refractivity contribution in [2.75, 3.05) is 12.8 Å². The van der Waals surface area contributed by atoms with Crippen molar-refractivity contribution in [1.82, 2.24) is 10.3 Å². The Bertz CT molecular complexity index is 707. The minimum absolute atomic E-state index is 0.839. The third kappa shape index (κ3) is 2.97. The van der Waals surface area contributed by atoms with Crippen molar-refractivity contribution in [3.05, 3.63) is 53.9 Å². The van der Waals surface area contributed by atoms with Crippen LogP contribution in [0, 0.1) is 6.92 Å². The van der Waals surface area contributed by atoms with Crippen LogP contribution in [0.4, 0.5) is 0 Å². The summed E-state index contributed by atoms with van der Waals surface area (Å²) in [6.45, 7) is 2.12. The summed E-state index contributed by atoms with van der Waals surface area (Å²) in [6, 6.07) is 10.4. The van der Waals surface area contributed by atoms with Gasteiger partial charge in [-0.1, -0.05) is 30.0 Å². The number of aryl methyl sites for hydroxylation is 1. The molecule has 0 aliphatic carbocycles. The molecule has 0 atom stereocenters. The van der Waals surface area contributed by atoms with E-state index in [1.54, 1.807) is 18.0 Å². The quantitative estimate of drug-likeness (QED) is 0.926. The standard InChI is InChI=1S/C16H16N4S/c1-11-8-12(15-10-21-16(17-2)20-19-15)5-6-14(11)13-4-3-7-18-9-13/h3-9H,10H2,1-2H3,(H,17,20). The van der Waals surface area contributed by atoms with Crippen molar-refractivity contribution >= 4 is 22.6 Å². The van der Waals surface area contributed by atoms with Gasteiger partial charge in [-0.25, -0.2) is 0 Å². The van der Waals surface area contributed by atoms with Gasteiger partial charge in [-0.05, 0) is 35.7 Å². The highest BCUT2D eigenvalue weighted by molar-refractivity contribution is 8.14. The maximum absolute atomic E-state index is 4.30. The first-order valence-electron chi connectivity index (χ1n) is 6.74. The smallest absolute Gasteiger partial charge is 0.183 e. The molecule has 1 aliphatic heterocycles. The Labute approximate surface area is 128 Å². The lowest BCUT2D eigenvalue weighted by molar-refractivity contribution is 1.13. The number of nitrogens with zero attached hydrogens (tertiary/aromatic N) is 3. The molecule has 0 saturated carbocycles. The third-order valence-corrected chi connectivity index (χ3v) is 4.33. The van der Waals surface area contributed by atoms with Crippen LogP contribution in [0.1, 0.15) is 11.1 Å². The molecule has 2 heterocycles. The maximum Gasteiger partial charge on any atom is 0.183 e. The molecule has 5 heteroatoms. The van der Waals surface area contributed by atoms with E-state index in [2.05, 4.69) is 51.7 Å². The normalized spacial score (nSPS) is 14.4. The second-order valence-electron chi connectivity index (χ2n) is 4.76. The summed E-state index contributed by atoms with van der Waals surface area (Å²) in [6.07, 6.45) is 3.68. The summed E-state index contributed by atoms with van der Waals surface area (Å²) in [5.41, 5.74) is 5.70. The Balaban J connectivity index is 1.92. The van der Waals surface area contributed by atoms with Crippen LogP contribution in [-0.4, -0.2) is 28.7 Å². The average Bonchev–Trinajstić information content (AvgIpc) is 2.55. The van der Waals surface area contributed by atoms with Crippen LogP contribution >= 0.6 is 11.8 Å². The van der Waals surface area contributed by atoms with Gasteiger partial charge in [-0.2, -0.15) is 5.10 Å². The van der Waals surface area contributed by atoms with E-state index in [0.717, 1.165) is 27.8 Å². The maximum atomic E-state index is 4.30. The molecule has 3 rings (SSSR count). The summed E-state index contributed by atoms with van der Waals surface area (Å²) in [4.78, 5) is 4.18. The predicted molar refractivity (Wildman–Crippen MR) is 89.9 cm³/mol. The van der Waals surface area contributed by atoms with Crippen molar-refractivity contribution in [3.63, 3.8) is 0 Å². The van der Waals surface area contributed by atoms with Crippen LogP contribution in [0.3, 0.4) is 0 Å². The Morgan fingerprint density at radius 3 is 2.67 bits per heavy atom. The zero-order valence-electron chi connectivity index (χ0n) is 12.0. The van der Waals surface area contributed by atoms with E-state index >= 15 is 0 Å². The fourth-order valence-corrected chi connectivity index (χ4v) is 2.99. The van der Waals surface area contributed by atoms with Crippen molar-refractivity contribution in [1.29, 1.82) is 0 Å². The molecule has 0 bridgehead atoms. The van der Waals surface area contributed by atoms with Gasteiger partial charge in [0, 0.05) is 30.8 Å². The Morgan fingerprint density at radius 2 is 2.05 bits per heavy atom. The van der Waals surface area contributed by atoms with E-state index in [-0.39, 0.29) is 0 Å². The van der Waals surface area contributed by atoms with Crippen molar-refractivity contribution in [3.8, 4) is 11.1 Å². The van der Waals surface area contributed by atoms with E-state index in [0.29, 0.717) is 0 Å². The molecule has 1 aromatic heterocycles. The SMILES string of the molecule is CNC1=NN=C(c2ccc(-c3cccnc3)c(C)c2)CS1. The van der Waals surface area contributed by atoms with Crippen LogP contribution in [-0.2, 0) is 0 Å². The highest BCUT2D eigenvalue weighted by atomic mass is 32.2. The lowest BCUT2D eigenvalue weighted by Gasteiger charge is -2.13. The largest absolute Gasteiger partial charge is 0.366 e. The zero-order valence-corrected chi connectivity index (χ0v) is 12.8. The number of benzene rings is 1. The number of nitrogens with one attached hydrogen (secondary N) is 1. The zero-order chi connectivity index (χ0) is 14.7. The molecule has 1 aliphatic rings. The molecule has 21 heavy (non-hydrogen) atoms. The average molecular weight is 296 g/mol. The molecular formula is C16H16N4S. The first-order valence-corrected chi connectivity index (χ1v) is 7.73. The topological polar surface area (TPSA) is 49.6 Å². The van der Waals surface area contributed by atoms with Gasteiger partial charge < -0.3 is 5.32 Å². The molecule has 0 spiro atoms. The van der Waals surface area contributed by atoms with Gasteiger partial charge in [0.05, 0.1) is 5.71 Å². The van der Waals surface area contributed by atoms with E-state index in [1.807, 2.05) is 19.3 Å². The molecule has 1 aromatic carbocycles. The van der Waals surface area contributed by atoms with Gasteiger partial charge in [0.2, 0.25) is 0 Å². The van der Waals surface area contributed by atoms with Crippen molar-refractivity contribution in [2.24, 2.45) is 10.2 Å². The van der Waals surface area contributed by atoms with Crippen LogP contribution in [0.2, 0.25) is 0 Å². The molecule has 0 fully saturated rings. The molecule has 106 valence electrons. The highest BCUT2D eigenvalue weighted by Gasteiger charge is 2.12. The predicted octanol–water partition coefficient (Wildman–Crippen LogP) is 3.08. The Morgan fingerprint density at radius 1 is 1.14 bits per heavy atom. The number of aromatic nitrogens is 1. The summed E-state index contributed by atoms with van der Waals surface area (Å²) < 4.78 is 0. The highest BCUT2D eigenvalue weighted by Crippen LogP contribution is 2.24. The van der Waals surface area contributed by atoms with E-state index < -0.39 is 0 Å². The molecule has 4 nitrogen and oxygen atoms in total. The van der Waals surface area contributed by atoms with Crippen LogP contribution < -0.4 is 5.32 Å². The Hall–Kier alpha value is -2.14. The second kappa shape index (κ2) is 6.10. The lowest BCUT2D eigenvalue weighted by atomic mass is 9.98. The molecule has 0 unspecified atom stereocenters. The van der Waals surface area contributed by atoms with Gasteiger partial charge in [-0.15, -0.1) is 5.10 Å². The summed E-state index contributed by atoms with van der Waals surface area (Å²) in [5, 5.41) is 12.3. The monoisotopic (exact) mass is 296 g/mol. The van der Waals surface area contributed by atoms with E-state index in [1.165, 1.54) is 11.1 Å². The minimum Gasteiger partial charge on any atom is -0.366 e. The summed E-state index contributed by atoms with van der Waals surface area (Å²) in [7, 11) is 1.86. The fraction of sp³-hybridized carbons (Fsp3) is 0.188. The number of hydrogen-bond donors (Lipinski definition) is 1. The molecular weight excluding hydrogens is 280 g/mol. The van der Waals surface area contributed by atoms with Gasteiger partial charge >= 0.3 is 0 Å². The summed E-state index contributed by atoms with van der Waals surface area (Å²) >= 11 is 1.67. The molecule has 2 aromatic rings. The number of hydrogen-bond acceptors (Lipinski definition) is 5. The second-order valence-corrected chi connectivity index (χ2v) is 5.73. The van der Waals surface area contributed by atoms with Gasteiger partial charge in [0.1, 0.15) is 0 Å². The minimum atomic E-state index is 0.839. The van der Waals surface area contributed by atoms with Crippen molar-refractivity contribution < 1.29 is 0 Å². The summed E-state index contributed by atoms with van der Waals surface area (Å²) in [5.74, 6) is 0.839. The molecule has 0 amide bonds. The Kier molecular flexibility index (Phi) is 4.01. The van der Waals surface area contributed by atoms with Crippen LogP contribution in [0.25, 0.3) is 11.1 Å². The lowest BCUT2D eigenvalue weighted by Crippen LogP contribution is -2.20. The van der Waals surface area contributed by atoms with Gasteiger partial charge in [-0.3, -0.25) is 4.98 Å². The number of thioether (sulfide) groups is 1. The number of amidine groups is 1. The van der Waals surface area contributed by atoms with E-state index in [4.69, 9.17) is 0 Å². The van der Waals surface area contributed by atoms with Gasteiger partial charge in [0.25, 0.3) is 0 Å². The molecule has 0 saturated heterocycles. The van der Waals surface area contributed by atoms with Crippen LogP contribution in [0.15, 0.2) is 52.9 Å². The molecule has 1 N–H and O–H groups in total. The van der Waals surface area contributed by atoms with Crippen LogP contribution in [0.5, 0.6) is 0 Å². The number of pyridine rings is 1. The number of rotatable bonds is 2. The first-order chi connectivity index (χ1) is 10.3. The molecule has 0 radical (unpaired) electrons. The third-order valence-electron chi connectivity index (χ3n) is 3.35. The first kappa shape index (κ1) is 13.8. The van der Waals surface area contributed by atoms with Gasteiger partial charge in [0.15, 0.2) is 5.17 Å².